The third-order valence-corrected chi connectivity index (χ3v) is 6.05. The highest BCUT2D eigenvalue weighted by atomic mass is 35.5. The fourth-order valence-corrected chi connectivity index (χ4v) is 4.52. The van der Waals surface area contributed by atoms with Crippen LogP contribution in [0.25, 0.3) is 0 Å². The molecule has 0 aromatic heterocycles. The quantitative estimate of drug-likeness (QED) is 0.909. The Kier molecular flexibility index (Phi) is 4.20. The van der Waals surface area contributed by atoms with Crippen LogP contribution < -0.4 is 5.32 Å². The van der Waals surface area contributed by atoms with E-state index in [9.17, 15) is 8.42 Å². The number of nitrogens with one attached hydrogen (secondary N) is 1. The first-order valence-electron chi connectivity index (χ1n) is 6.34. The maximum absolute atomic E-state index is 12.8. The summed E-state index contributed by atoms with van der Waals surface area (Å²) in [6.07, 6.45) is 0. The van der Waals surface area contributed by atoms with E-state index in [-0.39, 0.29) is 12.1 Å². The molecule has 1 saturated heterocycles. The lowest BCUT2D eigenvalue weighted by atomic mass is 10.2. The summed E-state index contributed by atoms with van der Waals surface area (Å²) in [7, 11) is -3.49. The minimum absolute atomic E-state index is 0.0559. The molecule has 106 valence electrons. The molecule has 4 nitrogen and oxygen atoms in total. The number of benzene rings is 1. The smallest absolute Gasteiger partial charge is 0.243 e. The van der Waals surface area contributed by atoms with Crippen LogP contribution >= 0.6 is 11.6 Å². The van der Waals surface area contributed by atoms with Crippen LogP contribution in [0.15, 0.2) is 23.1 Å². The van der Waals surface area contributed by atoms with Crippen molar-refractivity contribution in [2.75, 3.05) is 13.1 Å². The first-order valence-corrected chi connectivity index (χ1v) is 8.16. The molecule has 1 fully saturated rings. The SMILES string of the molecule is Cc1c(Cl)cccc1S(=O)(=O)N1CC(C)NCC1C. The van der Waals surface area contributed by atoms with Gasteiger partial charge in [-0.3, -0.25) is 0 Å². The van der Waals surface area contributed by atoms with E-state index in [0.29, 0.717) is 28.6 Å². The fourth-order valence-electron chi connectivity index (χ4n) is 2.32. The zero-order chi connectivity index (χ0) is 14.2. The molecule has 2 rings (SSSR count). The Morgan fingerprint density at radius 1 is 1.37 bits per heavy atom. The maximum Gasteiger partial charge on any atom is 0.243 e. The van der Waals surface area contributed by atoms with Crippen molar-refractivity contribution in [2.24, 2.45) is 0 Å². The van der Waals surface area contributed by atoms with Gasteiger partial charge in [-0.25, -0.2) is 8.42 Å². The highest BCUT2D eigenvalue weighted by Gasteiger charge is 2.34. The standard InChI is InChI=1S/C13H19ClN2O2S/c1-9-8-16(10(2)7-15-9)19(17,18)13-6-4-5-12(14)11(13)3/h4-6,9-10,15H,7-8H2,1-3H3. The molecular formula is C13H19ClN2O2S. The zero-order valence-corrected chi connectivity index (χ0v) is 12.9. The van der Waals surface area contributed by atoms with Crippen LogP contribution in [0.3, 0.4) is 0 Å². The van der Waals surface area contributed by atoms with Gasteiger partial charge in [0.25, 0.3) is 0 Å². The Morgan fingerprint density at radius 2 is 2.05 bits per heavy atom. The minimum atomic E-state index is -3.49. The number of hydrogen-bond acceptors (Lipinski definition) is 3. The summed E-state index contributed by atoms with van der Waals surface area (Å²) in [4.78, 5) is 0.306. The molecular weight excluding hydrogens is 284 g/mol. The fraction of sp³-hybridized carbons (Fsp3) is 0.538. The van der Waals surface area contributed by atoms with Gasteiger partial charge in [0.05, 0.1) is 4.90 Å². The van der Waals surface area contributed by atoms with E-state index in [0.717, 1.165) is 0 Å². The second-order valence-corrected chi connectivity index (χ2v) is 7.36. The average Bonchev–Trinajstić information content (AvgIpc) is 2.35. The molecule has 19 heavy (non-hydrogen) atoms. The molecule has 1 aliphatic heterocycles. The summed E-state index contributed by atoms with van der Waals surface area (Å²) in [6, 6.07) is 5.11. The number of nitrogens with zero attached hydrogens (tertiary/aromatic N) is 1. The van der Waals surface area contributed by atoms with Crippen molar-refractivity contribution in [1.82, 2.24) is 9.62 Å². The minimum Gasteiger partial charge on any atom is -0.311 e. The van der Waals surface area contributed by atoms with Crippen molar-refractivity contribution >= 4 is 21.6 Å². The van der Waals surface area contributed by atoms with E-state index in [1.807, 2.05) is 13.8 Å². The summed E-state index contributed by atoms with van der Waals surface area (Å²) in [5.74, 6) is 0. The third kappa shape index (κ3) is 2.79. The van der Waals surface area contributed by atoms with Crippen molar-refractivity contribution in [3.63, 3.8) is 0 Å². The summed E-state index contributed by atoms with van der Waals surface area (Å²) >= 11 is 6.03. The predicted molar refractivity (Wildman–Crippen MR) is 77.0 cm³/mol. The lowest BCUT2D eigenvalue weighted by molar-refractivity contribution is 0.244. The summed E-state index contributed by atoms with van der Waals surface area (Å²) in [5, 5.41) is 3.76. The second kappa shape index (κ2) is 5.40. The largest absolute Gasteiger partial charge is 0.311 e. The van der Waals surface area contributed by atoms with Crippen molar-refractivity contribution in [3.8, 4) is 0 Å². The summed E-state index contributed by atoms with van der Waals surface area (Å²) in [5.41, 5.74) is 0.613. The van der Waals surface area contributed by atoms with Crippen LogP contribution in [-0.4, -0.2) is 37.9 Å². The van der Waals surface area contributed by atoms with Crippen LogP contribution in [-0.2, 0) is 10.0 Å². The molecule has 1 aromatic rings. The number of rotatable bonds is 2. The molecule has 0 aliphatic carbocycles. The van der Waals surface area contributed by atoms with E-state index in [2.05, 4.69) is 5.32 Å². The normalized spacial score (nSPS) is 25.5. The van der Waals surface area contributed by atoms with Crippen molar-refractivity contribution < 1.29 is 8.42 Å². The van der Waals surface area contributed by atoms with E-state index in [1.165, 1.54) is 0 Å². The van der Waals surface area contributed by atoms with Gasteiger partial charge >= 0.3 is 0 Å². The van der Waals surface area contributed by atoms with Crippen LogP contribution in [0.2, 0.25) is 5.02 Å². The third-order valence-electron chi connectivity index (χ3n) is 3.51. The average molecular weight is 303 g/mol. The predicted octanol–water partition coefficient (Wildman–Crippen LogP) is 2.02. The van der Waals surface area contributed by atoms with Crippen LogP contribution in [0, 0.1) is 6.92 Å². The highest BCUT2D eigenvalue weighted by Crippen LogP contribution is 2.27. The van der Waals surface area contributed by atoms with Crippen LogP contribution in [0.5, 0.6) is 0 Å². The van der Waals surface area contributed by atoms with Gasteiger partial charge < -0.3 is 5.32 Å². The molecule has 0 spiro atoms. The molecule has 6 heteroatoms. The van der Waals surface area contributed by atoms with Gasteiger partial charge in [0, 0.05) is 30.2 Å². The van der Waals surface area contributed by atoms with E-state index in [1.54, 1.807) is 29.4 Å². The van der Waals surface area contributed by atoms with Crippen LogP contribution in [0.1, 0.15) is 19.4 Å². The zero-order valence-electron chi connectivity index (χ0n) is 11.4. The molecule has 0 bridgehead atoms. The van der Waals surface area contributed by atoms with Gasteiger partial charge in [-0.2, -0.15) is 4.31 Å². The van der Waals surface area contributed by atoms with Gasteiger partial charge in [-0.05, 0) is 38.5 Å². The van der Waals surface area contributed by atoms with Gasteiger partial charge in [-0.1, -0.05) is 17.7 Å². The Hall–Kier alpha value is -0.620. The Labute approximate surface area is 119 Å². The monoisotopic (exact) mass is 302 g/mol. The van der Waals surface area contributed by atoms with E-state index < -0.39 is 10.0 Å². The first-order chi connectivity index (χ1) is 8.84. The van der Waals surface area contributed by atoms with Gasteiger partial charge in [0.2, 0.25) is 10.0 Å². The molecule has 0 saturated carbocycles. The Balaban J connectivity index is 2.44. The Bertz CT molecular complexity index is 574. The summed E-state index contributed by atoms with van der Waals surface area (Å²) < 4.78 is 27.1. The van der Waals surface area contributed by atoms with Gasteiger partial charge in [0.15, 0.2) is 0 Å². The first kappa shape index (κ1) is 14.8. The molecule has 0 amide bonds. The number of hydrogen-bond donors (Lipinski definition) is 1. The van der Waals surface area contributed by atoms with Crippen molar-refractivity contribution in [3.05, 3.63) is 28.8 Å². The lowest BCUT2D eigenvalue weighted by Crippen LogP contribution is -2.56. The van der Waals surface area contributed by atoms with Gasteiger partial charge in [-0.15, -0.1) is 0 Å². The molecule has 0 radical (unpaired) electrons. The molecule has 1 N–H and O–H groups in total. The molecule has 1 aromatic carbocycles. The molecule has 2 atom stereocenters. The van der Waals surface area contributed by atoms with E-state index in [4.69, 9.17) is 11.6 Å². The Morgan fingerprint density at radius 3 is 2.74 bits per heavy atom. The molecule has 1 heterocycles. The van der Waals surface area contributed by atoms with Gasteiger partial charge in [0.1, 0.15) is 0 Å². The number of sulfonamides is 1. The lowest BCUT2D eigenvalue weighted by Gasteiger charge is -2.36. The van der Waals surface area contributed by atoms with E-state index >= 15 is 0 Å². The maximum atomic E-state index is 12.8. The second-order valence-electron chi connectivity index (χ2n) is 5.10. The highest BCUT2D eigenvalue weighted by molar-refractivity contribution is 7.89. The topological polar surface area (TPSA) is 49.4 Å². The van der Waals surface area contributed by atoms with Crippen LogP contribution in [0.4, 0.5) is 0 Å². The van der Waals surface area contributed by atoms with Crippen molar-refractivity contribution in [2.45, 2.75) is 37.8 Å². The summed E-state index contributed by atoms with van der Waals surface area (Å²) in [6.45, 7) is 6.79. The van der Waals surface area contributed by atoms with Crippen molar-refractivity contribution in [1.29, 1.82) is 0 Å². The molecule has 1 aliphatic rings. The number of halogens is 1. The molecule has 2 unspecified atom stereocenters. The number of piperazine rings is 1.